The number of nitrogens with zero attached hydrogens (tertiary/aromatic N) is 2. The molecule has 1 N–H and O–H groups in total. The van der Waals surface area contributed by atoms with Crippen molar-refractivity contribution in [2.75, 3.05) is 38.2 Å². The molecule has 1 amide bonds. The molecule has 6 heteroatoms. The molecule has 0 atom stereocenters. The molecule has 1 saturated heterocycles. The van der Waals surface area contributed by atoms with Crippen LogP contribution < -0.4 is 9.64 Å². The zero-order chi connectivity index (χ0) is 15.2. The Hall–Kier alpha value is -2.24. The normalized spacial score (nSPS) is 14.9. The molecule has 1 aliphatic heterocycles. The second kappa shape index (κ2) is 6.97. The smallest absolute Gasteiger partial charge is 0.303 e. The van der Waals surface area contributed by atoms with Crippen LogP contribution >= 0.6 is 0 Å². The number of piperazine rings is 1. The Morgan fingerprint density at radius 2 is 1.90 bits per heavy atom. The van der Waals surface area contributed by atoms with E-state index in [1.54, 1.807) is 12.0 Å². The van der Waals surface area contributed by atoms with Crippen molar-refractivity contribution in [1.29, 1.82) is 0 Å². The van der Waals surface area contributed by atoms with E-state index < -0.39 is 5.97 Å². The van der Waals surface area contributed by atoms with Gasteiger partial charge in [-0.25, -0.2) is 0 Å². The summed E-state index contributed by atoms with van der Waals surface area (Å²) >= 11 is 0. The molecule has 1 aromatic carbocycles. The van der Waals surface area contributed by atoms with Crippen molar-refractivity contribution in [3.8, 4) is 5.75 Å². The van der Waals surface area contributed by atoms with Crippen molar-refractivity contribution in [3.05, 3.63) is 24.3 Å². The molecule has 21 heavy (non-hydrogen) atoms. The minimum Gasteiger partial charge on any atom is -0.497 e. The molecule has 0 spiro atoms. The number of carbonyl (C=O) groups is 2. The molecular formula is C15H20N2O4. The number of rotatable bonds is 5. The monoisotopic (exact) mass is 292 g/mol. The highest BCUT2D eigenvalue weighted by Gasteiger charge is 2.21. The standard InChI is InChI=1S/C15H20N2O4/c1-21-13-4-2-3-12(11-13)16-7-9-17(10-8-16)14(18)5-6-15(19)20/h2-4,11H,5-10H2,1H3,(H,19,20). The number of methoxy groups -OCH3 is 1. The van der Waals surface area contributed by atoms with Gasteiger partial charge in [0.25, 0.3) is 0 Å². The topological polar surface area (TPSA) is 70.1 Å². The molecule has 1 fully saturated rings. The summed E-state index contributed by atoms with van der Waals surface area (Å²) in [6.07, 6.45) is -0.0244. The SMILES string of the molecule is COc1cccc(N2CCN(C(=O)CCC(=O)O)CC2)c1. The Morgan fingerprint density at radius 1 is 1.19 bits per heavy atom. The van der Waals surface area contributed by atoms with Crippen LogP contribution in [0.15, 0.2) is 24.3 Å². The molecule has 1 aromatic rings. The summed E-state index contributed by atoms with van der Waals surface area (Å²) < 4.78 is 5.21. The fourth-order valence-corrected chi connectivity index (χ4v) is 2.39. The van der Waals surface area contributed by atoms with E-state index in [0.29, 0.717) is 13.1 Å². The van der Waals surface area contributed by atoms with Gasteiger partial charge < -0.3 is 19.6 Å². The number of carbonyl (C=O) groups excluding carboxylic acids is 1. The van der Waals surface area contributed by atoms with Crippen LogP contribution in [0, 0.1) is 0 Å². The predicted molar refractivity (Wildman–Crippen MR) is 78.7 cm³/mol. The zero-order valence-electron chi connectivity index (χ0n) is 12.1. The Labute approximate surface area is 123 Å². The first-order chi connectivity index (χ1) is 10.1. The minimum absolute atomic E-state index is 0.0779. The van der Waals surface area contributed by atoms with E-state index in [1.807, 2.05) is 24.3 Å². The van der Waals surface area contributed by atoms with E-state index in [4.69, 9.17) is 9.84 Å². The Balaban J connectivity index is 1.87. The fraction of sp³-hybridized carbons (Fsp3) is 0.467. The van der Waals surface area contributed by atoms with Crippen LogP contribution in [0.4, 0.5) is 5.69 Å². The molecule has 0 bridgehead atoms. The van der Waals surface area contributed by atoms with Crippen molar-refractivity contribution in [2.24, 2.45) is 0 Å². The summed E-state index contributed by atoms with van der Waals surface area (Å²) in [5.74, 6) is -0.200. The molecule has 0 saturated carbocycles. The lowest BCUT2D eigenvalue weighted by Gasteiger charge is -2.36. The van der Waals surface area contributed by atoms with Gasteiger partial charge >= 0.3 is 5.97 Å². The van der Waals surface area contributed by atoms with Gasteiger partial charge in [-0.05, 0) is 12.1 Å². The Kier molecular flexibility index (Phi) is 5.03. The molecule has 0 aliphatic carbocycles. The zero-order valence-corrected chi connectivity index (χ0v) is 12.1. The van der Waals surface area contributed by atoms with Crippen LogP contribution in [0.5, 0.6) is 5.75 Å². The number of carboxylic acids is 1. The van der Waals surface area contributed by atoms with Crippen molar-refractivity contribution in [2.45, 2.75) is 12.8 Å². The molecule has 2 rings (SSSR count). The van der Waals surface area contributed by atoms with E-state index in [1.165, 1.54) is 0 Å². The summed E-state index contributed by atoms with van der Waals surface area (Å²) in [7, 11) is 1.64. The maximum Gasteiger partial charge on any atom is 0.303 e. The van der Waals surface area contributed by atoms with Crippen molar-refractivity contribution >= 4 is 17.6 Å². The van der Waals surface area contributed by atoms with Crippen LogP contribution in [-0.2, 0) is 9.59 Å². The van der Waals surface area contributed by atoms with Crippen LogP contribution in [0.25, 0.3) is 0 Å². The van der Waals surface area contributed by atoms with Gasteiger partial charge in [-0.15, -0.1) is 0 Å². The van der Waals surface area contributed by atoms with Crippen LogP contribution in [0.3, 0.4) is 0 Å². The van der Waals surface area contributed by atoms with Crippen LogP contribution in [0.1, 0.15) is 12.8 Å². The fourth-order valence-electron chi connectivity index (χ4n) is 2.39. The van der Waals surface area contributed by atoms with E-state index in [9.17, 15) is 9.59 Å². The first kappa shape index (κ1) is 15.2. The van der Waals surface area contributed by atoms with Gasteiger partial charge in [-0.3, -0.25) is 9.59 Å². The second-order valence-corrected chi connectivity index (χ2v) is 4.96. The number of amides is 1. The van der Waals surface area contributed by atoms with Crippen molar-refractivity contribution in [3.63, 3.8) is 0 Å². The third-order valence-corrected chi connectivity index (χ3v) is 3.60. The number of hydrogen-bond acceptors (Lipinski definition) is 4. The van der Waals surface area contributed by atoms with Gasteiger partial charge in [0.05, 0.1) is 13.5 Å². The van der Waals surface area contributed by atoms with Gasteiger partial charge in [0.15, 0.2) is 0 Å². The largest absolute Gasteiger partial charge is 0.497 e. The minimum atomic E-state index is -0.932. The molecule has 0 unspecified atom stereocenters. The first-order valence-electron chi connectivity index (χ1n) is 6.98. The molecule has 6 nitrogen and oxygen atoms in total. The quantitative estimate of drug-likeness (QED) is 0.883. The summed E-state index contributed by atoms with van der Waals surface area (Å²) in [6.45, 7) is 2.73. The lowest BCUT2D eigenvalue weighted by atomic mass is 10.2. The van der Waals surface area contributed by atoms with Crippen LogP contribution in [0.2, 0.25) is 0 Å². The van der Waals surface area contributed by atoms with Crippen molar-refractivity contribution < 1.29 is 19.4 Å². The third-order valence-electron chi connectivity index (χ3n) is 3.60. The van der Waals surface area contributed by atoms with E-state index >= 15 is 0 Å². The van der Waals surface area contributed by atoms with E-state index in [-0.39, 0.29) is 18.7 Å². The maximum atomic E-state index is 11.9. The number of aliphatic carboxylic acids is 1. The first-order valence-corrected chi connectivity index (χ1v) is 6.98. The summed E-state index contributed by atoms with van der Waals surface area (Å²) in [5, 5.41) is 8.61. The summed E-state index contributed by atoms with van der Waals surface area (Å²) in [6, 6.07) is 7.83. The van der Waals surface area contributed by atoms with Gasteiger partial charge in [-0.1, -0.05) is 6.07 Å². The van der Waals surface area contributed by atoms with E-state index in [0.717, 1.165) is 24.5 Å². The number of hydrogen-bond donors (Lipinski definition) is 1. The molecular weight excluding hydrogens is 272 g/mol. The lowest BCUT2D eigenvalue weighted by Crippen LogP contribution is -2.48. The lowest BCUT2D eigenvalue weighted by molar-refractivity contribution is -0.141. The number of ether oxygens (including phenoxy) is 1. The average molecular weight is 292 g/mol. The maximum absolute atomic E-state index is 11.9. The number of carboxylic acid groups (broad SMARTS) is 1. The third kappa shape index (κ3) is 4.11. The Bertz CT molecular complexity index is 510. The highest BCUT2D eigenvalue weighted by molar-refractivity contribution is 5.81. The highest BCUT2D eigenvalue weighted by Crippen LogP contribution is 2.22. The van der Waals surface area contributed by atoms with Crippen LogP contribution in [-0.4, -0.2) is 55.2 Å². The molecule has 0 radical (unpaired) electrons. The van der Waals surface area contributed by atoms with Crippen molar-refractivity contribution in [1.82, 2.24) is 4.90 Å². The predicted octanol–water partition coefficient (Wildman–Crippen LogP) is 1.21. The summed E-state index contributed by atoms with van der Waals surface area (Å²) in [4.78, 5) is 26.3. The van der Waals surface area contributed by atoms with Gasteiger partial charge in [0.1, 0.15) is 5.75 Å². The second-order valence-electron chi connectivity index (χ2n) is 4.96. The van der Waals surface area contributed by atoms with Gasteiger partial charge in [-0.2, -0.15) is 0 Å². The molecule has 0 aromatic heterocycles. The average Bonchev–Trinajstić information content (AvgIpc) is 2.52. The van der Waals surface area contributed by atoms with E-state index in [2.05, 4.69) is 4.90 Å². The molecule has 1 heterocycles. The van der Waals surface area contributed by atoms with Gasteiger partial charge in [0, 0.05) is 44.4 Å². The molecule has 114 valence electrons. The number of benzene rings is 1. The highest BCUT2D eigenvalue weighted by atomic mass is 16.5. The number of anilines is 1. The summed E-state index contributed by atoms with van der Waals surface area (Å²) in [5.41, 5.74) is 1.08. The van der Waals surface area contributed by atoms with Gasteiger partial charge in [0.2, 0.25) is 5.91 Å². The Morgan fingerprint density at radius 3 is 2.52 bits per heavy atom. The molecule has 1 aliphatic rings.